The smallest absolute Gasteiger partial charge is 0.196 e. The second-order valence-electron chi connectivity index (χ2n) is 14.1. The number of aromatic nitrogens is 2. The van der Waals surface area contributed by atoms with E-state index in [9.17, 15) is 29.4 Å². The maximum Gasteiger partial charge on any atom is 0.196 e. The van der Waals surface area contributed by atoms with Crippen LogP contribution in [-0.2, 0) is 30.3 Å². The Hall–Kier alpha value is -5.24. The number of aliphatic hydroxyl groups is 2. The number of rotatable bonds is 4. The highest BCUT2D eigenvalue weighted by atomic mass is 16.3. The molecule has 4 aromatic rings. The van der Waals surface area contributed by atoms with E-state index < -0.39 is 11.1 Å². The van der Waals surface area contributed by atoms with Gasteiger partial charge in [0.2, 0.25) is 0 Å². The molecule has 2 aliphatic heterocycles. The van der Waals surface area contributed by atoms with Crippen molar-refractivity contribution in [2.24, 2.45) is 0 Å². The Kier molecular flexibility index (Phi) is 8.58. The van der Waals surface area contributed by atoms with E-state index in [1.54, 1.807) is 0 Å². The van der Waals surface area contributed by atoms with Crippen LogP contribution in [0.2, 0.25) is 0 Å². The van der Waals surface area contributed by atoms with E-state index in [1.165, 1.54) is 13.8 Å². The maximum absolute atomic E-state index is 13.2. The molecule has 50 heavy (non-hydrogen) atoms. The van der Waals surface area contributed by atoms with Gasteiger partial charge in [-0.1, -0.05) is 99.2 Å². The van der Waals surface area contributed by atoms with Gasteiger partial charge in [-0.3, -0.25) is 19.2 Å². The number of Topliss-reactive ketones (excluding diaryl/α,β-unsaturated/α-hetero) is 4. The molecule has 4 aliphatic rings. The minimum Gasteiger partial charge on any atom is -0.505 e. The van der Waals surface area contributed by atoms with Crippen molar-refractivity contribution < 1.29 is 29.4 Å². The van der Waals surface area contributed by atoms with Gasteiger partial charge >= 0.3 is 0 Å². The number of hydrogen-bond donors (Lipinski definition) is 2. The molecule has 8 rings (SSSR count). The van der Waals surface area contributed by atoms with Gasteiger partial charge in [0.25, 0.3) is 0 Å². The van der Waals surface area contributed by atoms with Crippen molar-refractivity contribution in [2.45, 2.75) is 89.1 Å². The fraction of sp³-hybridized carbons (Fsp3) is 0.333. The fourth-order valence-corrected chi connectivity index (χ4v) is 8.68. The first-order valence-corrected chi connectivity index (χ1v) is 17.6. The van der Waals surface area contributed by atoms with Gasteiger partial charge in [0.15, 0.2) is 34.7 Å². The molecular weight excluding hydrogens is 628 g/mol. The third-order valence-corrected chi connectivity index (χ3v) is 11.1. The lowest BCUT2D eigenvalue weighted by Gasteiger charge is -2.41. The Labute approximate surface area is 291 Å². The summed E-state index contributed by atoms with van der Waals surface area (Å²) in [5, 5.41) is 21.5. The number of ketones is 4. The van der Waals surface area contributed by atoms with Crippen molar-refractivity contribution in [3.05, 3.63) is 108 Å². The summed E-state index contributed by atoms with van der Waals surface area (Å²) in [6.07, 6.45) is 12.7. The standard InChI is InChI=1S/2C21H21NO3/c1-14(23)17-19(24)18-16(15-8-4-2-5-9-15)10-13-22(18)21(20(17)25)11-6-3-7-12-21;1-14(23)18-19(24)17-12-16(15-8-4-2-5-9-15)13-22(17)21(20(18)25)10-6-3-7-11-21/h2,4-5,8-10,13,24H,3,6-7,11-12H2,1H3;2,4-5,8-9,12-13,24H,3,6-7,10-11H2,1H3. The molecule has 256 valence electrons. The minimum absolute atomic E-state index is 0.0351. The van der Waals surface area contributed by atoms with E-state index in [0.29, 0.717) is 37.1 Å². The number of nitrogens with zero attached hydrogens (tertiary/aromatic N) is 2. The first kappa shape index (κ1) is 33.3. The fourth-order valence-electron chi connectivity index (χ4n) is 8.68. The Balaban J connectivity index is 0.000000157. The van der Waals surface area contributed by atoms with E-state index in [1.807, 2.05) is 94.3 Å². The molecule has 2 aromatic heterocycles. The number of aliphatic hydroxyl groups excluding tert-OH is 2. The number of carbonyl (C=O) groups is 4. The second kappa shape index (κ2) is 12.9. The predicted octanol–water partition coefficient (Wildman–Crippen LogP) is 8.51. The lowest BCUT2D eigenvalue weighted by atomic mass is 9.73. The molecule has 2 aliphatic carbocycles. The Bertz CT molecular complexity index is 2050. The van der Waals surface area contributed by atoms with Gasteiger partial charge in [-0.05, 0) is 62.8 Å². The summed E-state index contributed by atoms with van der Waals surface area (Å²) in [5.41, 5.74) is 3.44. The first-order valence-electron chi connectivity index (χ1n) is 17.6. The molecule has 8 nitrogen and oxygen atoms in total. The molecule has 2 spiro atoms. The molecule has 2 aromatic carbocycles. The van der Waals surface area contributed by atoms with Crippen LogP contribution >= 0.6 is 0 Å². The molecule has 8 heteroatoms. The van der Waals surface area contributed by atoms with Crippen molar-refractivity contribution in [3.8, 4) is 22.3 Å². The van der Waals surface area contributed by atoms with Gasteiger partial charge in [0.05, 0.1) is 11.4 Å². The Morgan fingerprint density at radius 3 is 1.60 bits per heavy atom. The normalized spacial score (nSPS) is 19.2. The lowest BCUT2D eigenvalue weighted by molar-refractivity contribution is -0.129. The summed E-state index contributed by atoms with van der Waals surface area (Å²) >= 11 is 0. The Morgan fingerprint density at radius 1 is 0.600 bits per heavy atom. The second-order valence-corrected chi connectivity index (χ2v) is 14.1. The molecule has 0 bridgehead atoms. The van der Waals surface area contributed by atoms with Crippen LogP contribution in [0.25, 0.3) is 33.8 Å². The van der Waals surface area contributed by atoms with Gasteiger partial charge in [0.1, 0.15) is 22.2 Å². The Morgan fingerprint density at radius 2 is 1.08 bits per heavy atom. The predicted molar refractivity (Wildman–Crippen MR) is 192 cm³/mol. The number of carbonyl (C=O) groups excluding carboxylic acids is 4. The van der Waals surface area contributed by atoms with Crippen LogP contribution in [0.1, 0.15) is 89.4 Å². The van der Waals surface area contributed by atoms with E-state index in [2.05, 4.69) is 0 Å². The van der Waals surface area contributed by atoms with E-state index in [-0.39, 0.29) is 45.8 Å². The van der Waals surface area contributed by atoms with Crippen LogP contribution in [0.15, 0.2) is 96.3 Å². The van der Waals surface area contributed by atoms with E-state index >= 15 is 0 Å². The summed E-state index contributed by atoms with van der Waals surface area (Å²) in [6.45, 7) is 2.72. The summed E-state index contributed by atoms with van der Waals surface area (Å²) in [7, 11) is 0. The van der Waals surface area contributed by atoms with Crippen molar-refractivity contribution >= 4 is 34.7 Å². The maximum atomic E-state index is 13.2. The van der Waals surface area contributed by atoms with Crippen LogP contribution in [0.4, 0.5) is 0 Å². The minimum atomic E-state index is -0.728. The highest BCUT2D eigenvalue weighted by Gasteiger charge is 2.50. The van der Waals surface area contributed by atoms with Gasteiger partial charge in [0, 0.05) is 23.5 Å². The molecule has 2 N–H and O–H groups in total. The molecule has 0 radical (unpaired) electrons. The third-order valence-electron chi connectivity index (χ3n) is 11.1. The van der Waals surface area contributed by atoms with Crippen LogP contribution in [0, 0.1) is 0 Å². The SMILES string of the molecule is CC(=O)C1=C(O)c2c(-c3ccccc3)ccn2C2(CCCCC2)C1=O.CC(=O)C1=C(O)c2cc(-c3ccccc3)cn2C2(CCCCC2)C1=O. The topological polar surface area (TPSA) is 119 Å². The highest BCUT2D eigenvalue weighted by molar-refractivity contribution is 6.28. The summed E-state index contributed by atoms with van der Waals surface area (Å²) in [6, 6.07) is 23.5. The van der Waals surface area contributed by atoms with Crippen LogP contribution in [-0.4, -0.2) is 42.5 Å². The van der Waals surface area contributed by atoms with Gasteiger partial charge < -0.3 is 19.3 Å². The van der Waals surface area contributed by atoms with Gasteiger partial charge in [-0.25, -0.2) is 0 Å². The van der Waals surface area contributed by atoms with E-state index in [0.717, 1.165) is 60.8 Å². The number of hydrogen-bond acceptors (Lipinski definition) is 6. The third kappa shape index (κ3) is 5.20. The summed E-state index contributed by atoms with van der Waals surface area (Å²) in [5.74, 6) is -1.53. The molecule has 0 saturated heterocycles. The molecule has 0 amide bonds. The quantitative estimate of drug-likeness (QED) is 0.210. The number of allylic oxidation sites excluding steroid dienone is 2. The molecule has 4 heterocycles. The van der Waals surface area contributed by atoms with Crippen molar-refractivity contribution in [1.82, 2.24) is 9.13 Å². The van der Waals surface area contributed by atoms with Crippen molar-refractivity contribution in [3.63, 3.8) is 0 Å². The zero-order valence-electron chi connectivity index (χ0n) is 28.6. The van der Waals surface area contributed by atoms with Crippen LogP contribution in [0.3, 0.4) is 0 Å². The zero-order valence-corrected chi connectivity index (χ0v) is 28.6. The summed E-state index contributed by atoms with van der Waals surface area (Å²) in [4.78, 5) is 50.7. The summed E-state index contributed by atoms with van der Waals surface area (Å²) < 4.78 is 3.86. The first-order chi connectivity index (χ1) is 24.1. The zero-order chi connectivity index (χ0) is 35.2. The van der Waals surface area contributed by atoms with E-state index in [4.69, 9.17) is 0 Å². The average molecular weight is 671 g/mol. The van der Waals surface area contributed by atoms with Crippen LogP contribution in [0.5, 0.6) is 0 Å². The van der Waals surface area contributed by atoms with Crippen LogP contribution < -0.4 is 0 Å². The van der Waals surface area contributed by atoms with Crippen molar-refractivity contribution in [2.75, 3.05) is 0 Å². The molecule has 0 unspecified atom stereocenters. The highest BCUT2D eigenvalue weighted by Crippen LogP contribution is 2.47. The van der Waals surface area contributed by atoms with Gasteiger partial charge in [-0.2, -0.15) is 0 Å². The van der Waals surface area contributed by atoms with Crippen molar-refractivity contribution in [1.29, 1.82) is 0 Å². The number of benzene rings is 2. The molecule has 2 fully saturated rings. The number of fused-ring (bicyclic) bond motifs is 4. The largest absolute Gasteiger partial charge is 0.505 e. The molecule has 2 saturated carbocycles. The van der Waals surface area contributed by atoms with Gasteiger partial charge in [-0.15, -0.1) is 0 Å². The monoisotopic (exact) mass is 670 g/mol. The molecular formula is C42H42N2O6. The average Bonchev–Trinajstić information content (AvgIpc) is 3.79. The lowest BCUT2D eigenvalue weighted by Crippen LogP contribution is -2.48. The molecule has 0 atom stereocenters.